The van der Waals surface area contributed by atoms with E-state index < -0.39 is 64.0 Å². The summed E-state index contributed by atoms with van der Waals surface area (Å²) in [5, 5.41) is 15.5. The maximum Gasteiger partial charge on any atom is 0.435 e. The Morgan fingerprint density at radius 2 is 1.67 bits per heavy atom. The minimum absolute atomic E-state index is 0.104. The van der Waals surface area contributed by atoms with Gasteiger partial charge >= 0.3 is 12.4 Å². The Labute approximate surface area is 224 Å². The highest BCUT2D eigenvalue weighted by molar-refractivity contribution is 6.35. The lowest BCUT2D eigenvalue weighted by Gasteiger charge is -2.29. The highest BCUT2D eigenvalue weighted by Crippen LogP contribution is 2.50. The number of hydrogen-bond donors (Lipinski definition) is 2. The minimum Gasteiger partial charge on any atom is -0.411 e. The van der Waals surface area contributed by atoms with Gasteiger partial charge in [0, 0.05) is 23.1 Å². The minimum atomic E-state index is -5.05. The molecule has 39 heavy (non-hydrogen) atoms. The molecule has 2 N–H and O–H groups in total. The molecule has 1 atom stereocenters. The standard InChI is InChI=1S/C24H14Cl2F7N3O3/c25-16-7-11(8-17(26)20(16)27)22(24(31,32)33)9-18(36-39-22)14-5-6-15(13-4-2-1-3-12(13)14)21(37)34-10-19(35-38)23(28,29)30/h1-8,38H,9-10H2,(H,34,37). The largest absolute Gasteiger partial charge is 0.435 e. The molecule has 206 valence electrons. The predicted molar refractivity (Wildman–Crippen MR) is 128 cm³/mol. The van der Waals surface area contributed by atoms with Crippen LogP contribution in [0.3, 0.4) is 0 Å². The predicted octanol–water partition coefficient (Wildman–Crippen LogP) is 6.99. The van der Waals surface area contributed by atoms with Gasteiger partial charge in [-0.25, -0.2) is 4.39 Å². The summed E-state index contributed by atoms with van der Waals surface area (Å²) in [6.07, 6.45) is -10.9. The second kappa shape index (κ2) is 10.2. The van der Waals surface area contributed by atoms with Gasteiger partial charge < -0.3 is 15.4 Å². The number of rotatable bonds is 5. The molecule has 0 bridgehead atoms. The zero-order valence-electron chi connectivity index (χ0n) is 19.1. The Balaban J connectivity index is 1.71. The van der Waals surface area contributed by atoms with Gasteiger partial charge in [-0.15, -0.1) is 0 Å². The SMILES string of the molecule is O=C(NCC(=NO)C(F)(F)F)c1ccc(C2=NOC(c3cc(Cl)c(F)c(Cl)c3)(C(F)(F)F)C2)c2ccccc12. The van der Waals surface area contributed by atoms with Crippen molar-refractivity contribution in [3.05, 3.63) is 81.1 Å². The number of nitrogens with one attached hydrogen (secondary N) is 1. The normalized spacial score (nSPS) is 18.2. The molecule has 0 aliphatic carbocycles. The van der Waals surface area contributed by atoms with Crippen LogP contribution in [0.4, 0.5) is 30.7 Å². The zero-order valence-corrected chi connectivity index (χ0v) is 20.6. The van der Waals surface area contributed by atoms with Crippen molar-refractivity contribution < 1.29 is 45.6 Å². The van der Waals surface area contributed by atoms with E-state index in [0.717, 1.165) is 12.1 Å². The number of carbonyl (C=O) groups is 1. The van der Waals surface area contributed by atoms with Gasteiger partial charge in [0.1, 0.15) is 0 Å². The summed E-state index contributed by atoms with van der Waals surface area (Å²) in [5.74, 6) is -2.07. The summed E-state index contributed by atoms with van der Waals surface area (Å²) in [7, 11) is 0. The fourth-order valence-electron chi connectivity index (χ4n) is 4.04. The summed E-state index contributed by atoms with van der Waals surface area (Å²) in [6, 6.07) is 9.88. The molecule has 3 aromatic rings. The van der Waals surface area contributed by atoms with E-state index in [4.69, 9.17) is 33.2 Å². The van der Waals surface area contributed by atoms with Gasteiger partial charge in [-0.1, -0.05) is 63.8 Å². The van der Waals surface area contributed by atoms with Crippen LogP contribution in [0.2, 0.25) is 10.0 Å². The van der Waals surface area contributed by atoms with Gasteiger partial charge in [0.05, 0.1) is 22.3 Å². The molecule has 0 spiro atoms. The smallest absolute Gasteiger partial charge is 0.411 e. The molecule has 0 fully saturated rings. The maximum atomic E-state index is 14.4. The van der Waals surface area contributed by atoms with Gasteiger partial charge in [-0.3, -0.25) is 4.79 Å². The van der Waals surface area contributed by atoms with E-state index in [1.165, 1.54) is 36.4 Å². The van der Waals surface area contributed by atoms with E-state index >= 15 is 0 Å². The molecule has 6 nitrogen and oxygen atoms in total. The molecule has 0 aromatic heterocycles. The van der Waals surface area contributed by atoms with Crippen LogP contribution in [-0.4, -0.2) is 41.4 Å². The molecule has 1 heterocycles. The summed E-state index contributed by atoms with van der Waals surface area (Å²) < 4.78 is 95.4. The van der Waals surface area contributed by atoms with Crippen molar-refractivity contribution in [1.82, 2.24) is 5.32 Å². The molecular formula is C24H14Cl2F7N3O3. The zero-order chi connectivity index (χ0) is 28.8. The number of benzene rings is 3. The first-order valence-electron chi connectivity index (χ1n) is 10.7. The monoisotopic (exact) mass is 595 g/mol. The quantitative estimate of drug-likeness (QED) is 0.110. The molecule has 1 amide bonds. The fourth-order valence-corrected chi connectivity index (χ4v) is 4.52. The topological polar surface area (TPSA) is 83.3 Å². The first-order valence-corrected chi connectivity index (χ1v) is 11.5. The van der Waals surface area contributed by atoms with Gasteiger partial charge in [-0.05, 0) is 29.0 Å². The summed E-state index contributed by atoms with van der Waals surface area (Å²) >= 11 is 11.5. The van der Waals surface area contributed by atoms with E-state index in [0.29, 0.717) is 0 Å². The number of alkyl halides is 6. The van der Waals surface area contributed by atoms with E-state index in [2.05, 4.69) is 10.3 Å². The van der Waals surface area contributed by atoms with Crippen LogP contribution in [0.25, 0.3) is 10.8 Å². The highest BCUT2D eigenvalue weighted by atomic mass is 35.5. The Hall–Kier alpha value is -3.58. The van der Waals surface area contributed by atoms with Crippen LogP contribution in [0.15, 0.2) is 58.8 Å². The average Bonchev–Trinajstić information content (AvgIpc) is 3.32. The summed E-state index contributed by atoms with van der Waals surface area (Å²) in [5.41, 5.74) is -5.43. The second-order valence-electron chi connectivity index (χ2n) is 8.32. The lowest BCUT2D eigenvalue weighted by atomic mass is 9.85. The van der Waals surface area contributed by atoms with Gasteiger partial charge in [-0.2, -0.15) is 26.3 Å². The van der Waals surface area contributed by atoms with E-state index in [1.807, 2.05) is 5.32 Å². The number of fused-ring (bicyclic) bond motifs is 1. The van der Waals surface area contributed by atoms with Crippen molar-refractivity contribution in [2.24, 2.45) is 10.3 Å². The number of halogens is 9. The molecule has 1 unspecified atom stereocenters. The molecule has 0 radical (unpaired) electrons. The molecule has 4 rings (SSSR count). The first kappa shape index (κ1) is 28.4. The third-order valence-electron chi connectivity index (χ3n) is 5.98. The van der Waals surface area contributed by atoms with Crippen LogP contribution in [0, 0.1) is 5.82 Å². The van der Waals surface area contributed by atoms with E-state index in [9.17, 15) is 35.5 Å². The molecular weight excluding hydrogens is 582 g/mol. The Bertz CT molecular complexity index is 1500. The maximum absolute atomic E-state index is 14.4. The fraction of sp³-hybridized carbons (Fsp3) is 0.208. The third-order valence-corrected chi connectivity index (χ3v) is 6.53. The van der Waals surface area contributed by atoms with Crippen molar-refractivity contribution >= 4 is 51.3 Å². The molecule has 15 heteroatoms. The highest BCUT2D eigenvalue weighted by Gasteiger charge is 2.62. The Morgan fingerprint density at radius 3 is 2.23 bits per heavy atom. The van der Waals surface area contributed by atoms with Crippen LogP contribution in [0.5, 0.6) is 0 Å². The van der Waals surface area contributed by atoms with Gasteiger partial charge in [0.25, 0.3) is 11.5 Å². The number of hydrogen-bond acceptors (Lipinski definition) is 5. The second-order valence-corrected chi connectivity index (χ2v) is 9.13. The lowest BCUT2D eigenvalue weighted by molar-refractivity contribution is -0.275. The number of nitrogens with zero attached hydrogens (tertiary/aromatic N) is 2. The van der Waals surface area contributed by atoms with Crippen LogP contribution < -0.4 is 5.32 Å². The van der Waals surface area contributed by atoms with Crippen LogP contribution in [0.1, 0.15) is 27.9 Å². The van der Waals surface area contributed by atoms with Crippen molar-refractivity contribution in [2.45, 2.75) is 24.4 Å². The number of carbonyl (C=O) groups excluding carboxylic acids is 1. The summed E-state index contributed by atoms with van der Waals surface area (Å²) in [4.78, 5) is 17.6. The van der Waals surface area contributed by atoms with Crippen LogP contribution >= 0.6 is 23.2 Å². The molecule has 1 aliphatic heterocycles. The van der Waals surface area contributed by atoms with E-state index in [1.54, 1.807) is 0 Å². The lowest BCUT2D eigenvalue weighted by Crippen LogP contribution is -2.42. The van der Waals surface area contributed by atoms with E-state index in [-0.39, 0.29) is 27.6 Å². The summed E-state index contributed by atoms with van der Waals surface area (Å²) in [6.45, 7) is -1.13. The molecule has 0 saturated carbocycles. The van der Waals surface area contributed by atoms with Gasteiger partial charge in [0.15, 0.2) is 11.5 Å². The van der Waals surface area contributed by atoms with Crippen molar-refractivity contribution in [2.75, 3.05) is 6.54 Å². The van der Waals surface area contributed by atoms with Crippen molar-refractivity contribution in [3.63, 3.8) is 0 Å². The number of amides is 1. The Kier molecular flexibility index (Phi) is 7.43. The Morgan fingerprint density at radius 1 is 1.05 bits per heavy atom. The van der Waals surface area contributed by atoms with Crippen molar-refractivity contribution in [1.29, 1.82) is 0 Å². The number of oxime groups is 2. The third kappa shape index (κ3) is 5.20. The first-order chi connectivity index (χ1) is 18.2. The molecule has 3 aromatic carbocycles. The van der Waals surface area contributed by atoms with Crippen LogP contribution in [-0.2, 0) is 10.4 Å². The molecule has 0 saturated heterocycles. The van der Waals surface area contributed by atoms with Crippen molar-refractivity contribution in [3.8, 4) is 0 Å². The average molecular weight is 596 g/mol. The van der Waals surface area contributed by atoms with Gasteiger partial charge in [0.2, 0.25) is 0 Å². The molecule has 1 aliphatic rings.